The Balaban J connectivity index is 2.10. The third-order valence-electron chi connectivity index (χ3n) is 4.34. The van der Waals surface area contributed by atoms with Gasteiger partial charge in [0.05, 0.1) is 28.9 Å². The molecule has 0 saturated heterocycles. The number of benzene rings is 2. The fraction of sp³-hybridized carbons (Fsp3) is 0.200. The summed E-state index contributed by atoms with van der Waals surface area (Å²) in [5, 5.41) is 5.87. The summed E-state index contributed by atoms with van der Waals surface area (Å²) in [6.45, 7) is 1.71. The topological polar surface area (TPSA) is 102 Å². The predicted octanol–water partition coefficient (Wildman–Crippen LogP) is 3.64. The van der Waals surface area contributed by atoms with Gasteiger partial charge in [0, 0.05) is 15.7 Å². The standard InChI is InChI=1S/C20H18Cl2N2O5S/c1-2-29-19(25)17-16(11-30(27,28)15-8-6-13(21)7-9-15)23-20(26)24-18(17)12-4-3-5-14(22)10-12/h3-10,18H,2,11H2,1H3,(H2,23,24,26). The van der Waals surface area contributed by atoms with E-state index in [-0.39, 0.29) is 22.8 Å². The number of rotatable bonds is 6. The minimum Gasteiger partial charge on any atom is -0.463 e. The molecule has 0 radical (unpaired) electrons. The van der Waals surface area contributed by atoms with E-state index in [4.69, 9.17) is 27.9 Å². The maximum absolute atomic E-state index is 12.9. The van der Waals surface area contributed by atoms with Crippen molar-refractivity contribution in [1.29, 1.82) is 0 Å². The van der Waals surface area contributed by atoms with Crippen molar-refractivity contribution in [3.8, 4) is 0 Å². The van der Waals surface area contributed by atoms with E-state index in [9.17, 15) is 18.0 Å². The zero-order valence-electron chi connectivity index (χ0n) is 15.8. The van der Waals surface area contributed by atoms with Gasteiger partial charge in [0.25, 0.3) is 0 Å². The van der Waals surface area contributed by atoms with Crippen molar-refractivity contribution >= 4 is 45.0 Å². The van der Waals surface area contributed by atoms with Gasteiger partial charge in [-0.1, -0.05) is 35.3 Å². The summed E-state index contributed by atoms with van der Waals surface area (Å²) < 4.78 is 31.0. The fourth-order valence-corrected chi connectivity index (χ4v) is 4.68. The number of carbonyl (C=O) groups excluding carboxylic acids is 2. The summed E-state index contributed by atoms with van der Waals surface area (Å²) in [6.07, 6.45) is 0. The molecule has 2 amide bonds. The molecule has 0 bridgehead atoms. The lowest BCUT2D eigenvalue weighted by molar-refractivity contribution is -0.139. The highest BCUT2D eigenvalue weighted by molar-refractivity contribution is 7.91. The number of hydrogen-bond acceptors (Lipinski definition) is 5. The van der Waals surface area contributed by atoms with Gasteiger partial charge in [-0.25, -0.2) is 18.0 Å². The molecule has 7 nitrogen and oxygen atoms in total. The van der Waals surface area contributed by atoms with Crippen molar-refractivity contribution in [2.24, 2.45) is 0 Å². The van der Waals surface area contributed by atoms with Crippen LogP contribution in [0.4, 0.5) is 4.79 Å². The Morgan fingerprint density at radius 1 is 1.10 bits per heavy atom. The highest BCUT2D eigenvalue weighted by Gasteiger charge is 2.35. The number of ether oxygens (including phenoxy) is 1. The van der Waals surface area contributed by atoms with Crippen LogP contribution < -0.4 is 10.6 Å². The molecule has 2 aromatic carbocycles. The van der Waals surface area contributed by atoms with E-state index in [1.807, 2.05) is 0 Å². The molecule has 0 saturated carbocycles. The second-order valence-corrected chi connectivity index (χ2v) is 9.27. The maximum Gasteiger partial charge on any atom is 0.338 e. The van der Waals surface area contributed by atoms with Crippen LogP contribution >= 0.6 is 23.2 Å². The van der Waals surface area contributed by atoms with Gasteiger partial charge in [0.15, 0.2) is 9.84 Å². The third kappa shape index (κ3) is 4.95. The molecule has 1 unspecified atom stereocenters. The largest absolute Gasteiger partial charge is 0.463 e. The highest BCUT2D eigenvalue weighted by Crippen LogP contribution is 2.30. The molecule has 158 valence electrons. The van der Waals surface area contributed by atoms with E-state index in [1.54, 1.807) is 31.2 Å². The first-order valence-corrected chi connectivity index (χ1v) is 11.3. The fourth-order valence-electron chi connectivity index (χ4n) is 3.03. The maximum atomic E-state index is 12.9. The lowest BCUT2D eigenvalue weighted by atomic mass is 9.95. The van der Waals surface area contributed by atoms with Gasteiger partial charge in [-0.2, -0.15) is 0 Å². The van der Waals surface area contributed by atoms with Crippen LogP contribution in [0.25, 0.3) is 0 Å². The number of carbonyl (C=O) groups is 2. The lowest BCUT2D eigenvalue weighted by Crippen LogP contribution is -2.47. The zero-order valence-corrected chi connectivity index (χ0v) is 18.1. The van der Waals surface area contributed by atoms with Gasteiger partial charge in [0.1, 0.15) is 0 Å². The summed E-state index contributed by atoms with van der Waals surface area (Å²) in [5.41, 5.74) is 0.454. The molecule has 0 fully saturated rings. The Morgan fingerprint density at radius 3 is 2.43 bits per heavy atom. The van der Waals surface area contributed by atoms with E-state index in [1.165, 1.54) is 24.3 Å². The molecule has 1 aliphatic heterocycles. The van der Waals surface area contributed by atoms with Crippen molar-refractivity contribution in [3.05, 3.63) is 75.4 Å². The Labute approximate surface area is 183 Å². The van der Waals surface area contributed by atoms with Crippen molar-refractivity contribution in [2.45, 2.75) is 17.9 Å². The normalized spacial score (nSPS) is 16.6. The molecule has 2 N–H and O–H groups in total. The summed E-state index contributed by atoms with van der Waals surface area (Å²) in [7, 11) is -3.89. The van der Waals surface area contributed by atoms with Gasteiger partial charge in [-0.15, -0.1) is 0 Å². The van der Waals surface area contributed by atoms with E-state index in [0.717, 1.165) is 0 Å². The van der Waals surface area contributed by atoms with Gasteiger partial charge in [-0.3, -0.25) is 0 Å². The smallest absolute Gasteiger partial charge is 0.338 e. The van der Waals surface area contributed by atoms with Gasteiger partial charge in [0.2, 0.25) is 0 Å². The monoisotopic (exact) mass is 468 g/mol. The minimum absolute atomic E-state index is 0.00347. The molecule has 30 heavy (non-hydrogen) atoms. The number of sulfone groups is 1. The van der Waals surface area contributed by atoms with Crippen LogP contribution in [-0.4, -0.2) is 32.8 Å². The molecule has 0 aliphatic carbocycles. The molecular weight excluding hydrogens is 451 g/mol. The number of nitrogens with one attached hydrogen (secondary N) is 2. The summed E-state index contributed by atoms with van der Waals surface area (Å²) in [5.74, 6) is -1.34. The van der Waals surface area contributed by atoms with Crippen LogP contribution in [0.15, 0.2) is 64.7 Å². The number of esters is 1. The molecule has 0 spiro atoms. The van der Waals surface area contributed by atoms with Crippen molar-refractivity contribution in [3.63, 3.8) is 0 Å². The molecule has 2 aromatic rings. The lowest BCUT2D eigenvalue weighted by Gasteiger charge is -2.29. The molecule has 1 atom stereocenters. The average molecular weight is 469 g/mol. The first kappa shape index (κ1) is 22.1. The highest BCUT2D eigenvalue weighted by atomic mass is 35.5. The third-order valence-corrected chi connectivity index (χ3v) is 6.48. The number of hydrogen-bond donors (Lipinski definition) is 2. The van der Waals surface area contributed by atoms with Crippen LogP contribution in [0.2, 0.25) is 10.0 Å². The first-order chi connectivity index (χ1) is 14.2. The second kappa shape index (κ2) is 9.07. The molecule has 3 rings (SSSR count). The predicted molar refractivity (Wildman–Crippen MR) is 113 cm³/mol. The molecule has 0 aromatic heterocycles. The van der Waals surface area contributed by atoms with Gasteiger partial charge < -0.3 is 15.4 Å². The molecular formula is C20H18Cl2N2O5S. The minimum atomic E-state index is -3.89. The molecule has 1 heterocycles. The van der Waals surface area contributed by atoms with Crippen molar-refractivity contribution in [1.82, 2.24) is 10.6 Å². The molecule has 10 heteroatoms. The van der Waals surface area contributed by atoms with Crippen LogP contribution in [0.1, 0.15) is 18.5 Å². The number of urea groups is 1. The quantitative estimate of drug-likeness (QED) is 0.630. The van der Waals surface area contributed by atoms with E-state index in [2.05, 4.69) is 10.6 Å². The van der Waals surface area contributed by atoms with E-state index >= 15 is 0 Å². The number of halogens is 2. The second-order valence-electron chi connectivity index (χ2n) is 6.41. The van der Waals surface area contributed by atoms with E-state index < -0.39 is 33.6 Å². The van der Waals surface area contributed by atoms with Crippen LogP contribution in [0.5, 0.6) is 0 Å². The Kier molecular flexibility index (Phi) is 6.70. The number of amides is 2. The van der Waals surface area contributed by atoms with Crippen LogP contribution in [-0.2, 0) is 19.4 Å². The Hall–Kier alpha value is -2.55. The van der Waals surface area contributed by atoms with Crippen molar-refractivity contribution < 1.29 is 22.7 Å². The first-order valence-electron chi connectivity index (χ1n) is 8.92. The van der Waals surface area contributed by atoms with Crippen molar-refractivity contribution in [2.75, 3.05) is 12.4 Å². The zero-order chi connectivity index (χ0) is 21.9. The van der Waals surface area contributed by atoms with Crippen LogP contribution in [0, 0.1) is 0 Å². The van der Waals surface area contributed by atoms with E-state index in [0.29, 0.717) is 15.6 Å². The SMILES string of the molecule is CCOC(=O)C1=C(CS(=O)(=O)c2ccc(Cl)cc2)NC(=O)NC1c1cccc(Cl)c1. The average Bonchev–Trinajstić information content (AvgIpc) is 2.67. The molecule has 1 aliphatic rings. The van der Waals surface area contributed by atoms with Gasteiger partial charge >= 0.3 is 12.0 Å². The van der Waals surface area contributed by atoms with Gasteiger partial charge in [-0.05, 0) is 48.9 Å². The van der Waals surface area contributed by atoms with Crippen LogP contribution in [0.3, 0.4) is 0 Å². The summed E-state index contributed by atoms with van der Waals surface area (Å²) >= 11 is 11.9. The Bertz CT molecular complexity index is 1110. The summed E-state index contributed by atoms with van der Waals surface area (Å²) in [6, 6.07) is 10.6. The Morgan fingerprint density at radius 2 is 1.80 bits per heavy atom. The summed E-state index contributed by atoms with van der Waals surface area (Å²) in [4.78, 5) is 25.0.